The smallest absolute Gasteiger partial charge is 0.295 e. The molecule has 1 fully saturated rings. The lowest BCUT2D eigenvalue weighted by Crippen LogP contribution is -2.31. The molecule has 1 N–H and O–H groups in total. The molecule has 1 aromatic heterocycles. The number of rotatable bonds is 8. The Balaban J connectivity index is 1.81. The average molecular weight is 482 g/mol. The highest BCUT2D eigenvalue weighted by Crippen LogP contribution is 2.45. The van der Waals surface area contributed by atoms with Gasteiger partial charge in [-0.1, -0.05) is 23.7 Å². The van der Waals surface area contributed by atoms with Gasteiger partial charge in [-0.25, -0.2) is 4.98 Å². The van der Waals surface area contributed by atoms with Crippen molar-refractivity contribution >= 4 is 29.1 Å². The topological polar surface area (TPSA) is 93.9 Å². The van der Waals surface area contributed by atoms with Gasteiger partial charge in [0, 0.05) is 41.6 Å². The summed E-state index contributed by atoms with van der Waals surface area (Å²) in [4.78, 5) is 31.9. The van der Waals surface area contributed by atoms with Crippen LogP contribution in [0.5, 0.6) is 11.5 Å². The summed E-state index contributed by atoms with van der Waals surface area (Å²) in [5, 5.41) is 11.7. The van der Waals surface area contributed by atoms with E-state index in [-0.39, 0.29) is 17.9 Å². The molecule has 1 atom stereocenters. The minimum absolute atomic E-state index is 0.0125. The zero-order valence-electron chi connectivity index (χ0n) is 18.8. The van der Waals surface area contributed by atoms with Crippen molar-refractivity contribution in [3.8, 4) is 11.5 Å². The first kappa shape index (κ1) is 23.4. The van der Waals surface area contributed by atoms with Crippen LogP contribution in [-0.4, -0.2) is 52.0 Å². The summed E-state index contributed by atoms with van der Waals surface area (Å²) in [5.74, 6) is -0.878. The minimum atomic E-state index is -0.858. The van der Waals surface area contributed by atoms with Crippen LogP contribution in [0.3, 0.4) is 0 Å². The molecule has 4 rings (SSSR count). The molecular weight excluding hydrogens is 458 g/mol. The van der Waals surface area contributed by atoms with E-state index < -0.39 is 17.7 Å². The number of amides is 1. The number of carbonyl (C=O) groups is 2. The molecule has 1 saturated heterocycles. The number of para-hydroxylation sites is 1. The zero-order chi connectivity index (χ0) is 24.2. The van der Waals surface area contributed by atoms with Crippen LogP contribution in [0.25, 0.3) is 5.76 Å². The summed E-state index contributed by atoms with van der Waals surface area (Å²) in [6, 6.07) is 10.8. The van der Waals surface area contributed by atoms with E-state index in [1.165, 1.54) is 19.1 Å². The molecular formula is C25H24ClN3O5. The van der Waals surface area contributed by atoms with E-state index in [2.05, 4.69) is 4.98 Å². The maximum Gasteiger partial charge on any atom is 0.295 e. The van der Waals surface area contributed by atoms with E-state index in [4.69, 9.17) is 21.1 Å². The molecule has 2 heterocycles. The number of aromatic nitrogens is 2. The van der Waals surface area contributed by atoms with Gasteiger partial charge in [0.25, 0.3) is 11.7 Å². The quantitative estimate of drug-likeness (QED) is 0.296. The zero-order valence-corrected chi connectivity index (χ0v) is 19.5. The van der Waals surface area contributed by atoms with E-state index in [0.717, 1.165) is 0 Å². The van der Waals surface area contributed by atoms with E-state index in [9.17, 15) is 14.7 Å². The van der Waals surface area contributed by atoms with Gasteiger partial charge in [-0.2, -0.15) is 0 Å². The number of aliphatic hydroxyl groups is 1. The molecule has 0 radical (unpaired) electrons. The Morgan fingerprint density at radius 2 is 1.85 bits per heavy atom. The maximum absolute atomic E-state index is 13.2. The van der Waals surface area contributed by atoms with Crippen LogP contribution in [0.1, 0.15) is 23.6 Å². The molecule has 1 aliphatic rings. The molecule has 0 saturated carbocycles. The largest absolute Gasteiger partial charge is 0.507 e. The second-order valence-electron chi connectivity index (χ2n) is 7.74. The Kier molecular flexibility index (Phi) is 6.88. The van der Waals surface area contributed by atoms with E-state index >= 15 is 0 Å². The van der Waals surface area contributed by atoms with Crippen molar-refractivity contribution in [1.29, 1.82) is 0 Å². The van der Waals surface area contributed by atoms with Gasteiger partial charge in [0.2, 0.25) is 0 Å². The summed E-state index contributed by atoms with van der Waals surface area (Å²) in [6.45, 7) is 0.896. The van der Waals surface area contributed by atoms with Crippen LogP contribution in [0.4, 0.5) is 0 Å². The van der Waals surface area contributed by atoms with Gasteiger partial charge in [-0.15, -0.1) is 0 Å². The van der Waals surface area contributed by atoms with E-state index in [0.29, 0.717) is 40.6 Å². The number of Topliss-reactive ketones (excluding diaryl/α,β-unsaturated/α-hetero) is 1. The first-order valence-electron chi connectivity index (χ1n) is 10.7. The summed E-state index contributed by atoms with van der Waals surface area (Å²) in [7, 11) is 3.00. The van der Waals surface area contributed by atoms with Crippen molar-refractivity contribution in [1.82, 2.24) is 14.5 Å². The number of nitrogens with zero attached hydrogens (tertiary/aromatic N) is 3. The van der Waals surface area contributed by atoms with Gasteiger partial charge in [-0.3, -0.25) is 9.59 Å². The second kappa shape index (κ2) is 10.0. The van der Waals surface area contributed by atoms with Gasteiger partial charge in [0.05, 0.1) is 32.2 Å². The number of hydrogen-bond acceptors (Lipinski definition) is 6. The third-order valence-electron chi connectivity index (χ3n) is 5.76. The Hall–Kier alpha value is -3.78. The highest BCUT2D eigenvalue weighted by Gasteiger charge is 2.47. The number of hydrogen-bond donors (Lipinski definition) is 1. The molecule has 2 aromatic carbocycles. The van der Waals surface area contributed by atoms with Crippen molar-refractivity contribution in [2.45, 2.75) is 19.0 Å². The summed E-state index contributed by atoms with van der Waals surface area (Å²) in [5.41, 5.74) is 0.911. The number of aliphatic hydroxyl groups excluding tert-OH is 1. The van der Waals surface area contributed by atoms with Gasteiger partial charge in [0.1, 0.15) is 5.76 Å². The van der Waals surface area contributed by atoms with Gasteiger partial charge < -0.3 is 24.0 Å². The number of ether oxygens (including phenoxy) is 2. The average Bonchev–Trinajstić information content (AvgIpc) is 3.45. The molecule has 0 bridgehead atoms. The fourth-order valence-corrected chi connectivity index (χ4v) is 4.29. The van der Waals surface area contributed by atoms with Crippen LogP contribution in [-0.2, 0) is 16.1 Å². The molecule has 1 unspecified atom stereocenters. The first-order chi connectivity index (χ1) is 16.5. The van der Waals surface area contributed by atoms with Crippen molar-refractivity contribution in [3.05, 3.63) is 82.9 Å². The second-order valence-corrected chi connectivity index (χ2v) is 8.17. The highest BCUT2D eigenvalue weighted by atomic mass is 35.5. The number of benzene rings is 2. The third-order valence-corrected chi connectivity index (χ3v) is 6.01. The maximum atomic E-state index is 13.2. The number of aryl methyl sites for hydroxylation is 1. The number of imidazole rings is 1. The van der Waals surface area contributed by atoms with Crippen LogP contribution in [0.2, 0.25) is 5.02 Å². The van der Waals surface area contributed by atoms with Gasteiger partial charge >= 0.3 is 0 Å². The Labute approximate surface area is 202 Å². The summed E-state index contributed by atoms with van der Waals surface area (Å²) >= 11 is 5.98. The number of carbonyl (C=O) groups excluding carboxylic acids is 2. The molecule has 1 amide bonds. The molecule has 3 aromatic rings. The van der Waals surface area contributed by atoms with Crippen LogP contribution in [0.15, 0.2) is 66.8 Å². The molecule has 1 aliphatic heterocycles. The number of likely N-dealkylation sites (tertiary alicyclic amines) is 1. The lowest BCUT2D eigenvalue weighted by molar-refractivity contribution is -0.140. The Bertz CT molecular complexity index is 1220. The van der Waals surface area contributed by atoms with Crippen LogP contribution in [0, 0.1) is 0 Å². The predicted octanol–water partition coefficient (Wildman–Crippen LogP) is 4.07. The summed E-state index contributed by atoms with van der Waals surface area (Å²) in [6.07, 6.45) is 5.78. The monoisotopic (exact) mass is 481 g/mol. The SMILES string of the molecule is COc1cccc(C2/C(=C(\O)c3ccc(Cl)cc3)C(=O)C(=O)N2CCCn2ccnc2)c1OC. The van der Waals surface area contributed by atoms with E-state index in [1.807, 2.05) is 10.8 Å². The van der Waals surface area contributed by atoms with Crippen molar-refractivity contribution in [3.63, 3.8) is 0 Å². The standard InChI is InChI=1S/C25H24ClN3O5/c1-33-19-6-3-5-18(24(19)34-2)21-20(22(30)16-7-9-17(26)10-8-16)23(31)25(32)29(21)13-4-12-28-14-11-27-15-28/h3,5-11,14-15,21,30H,4,12-13H2,1-2H3/b22-20+. The van der Waals surface area contributed by atoms with Crippen molar-refractivity contribution < 1.29 is 24.2 Å². The fourth-order valence-electron chi connectivity index (χ4n) is 4.17. The Morgan fingerprint density at radius 3 is 2.50 bits per heavy atom. The number of methoxy groups -OCH3 is 2. The van der Waals surface area contributed by atoms with Crippen molar-refractivity contribution in [2.24, 2.45) is 0 Å². The summed E-state index contributed by atoms with van der Waals surface area (Å²) < 4.78 is 12.9. The molecule has 0 spiro atoms. The normalized spacial score (nSPS) is 17.3. The molecule has 0 aliphatic carbocycles. The molecule has 34 heavy (non-hydrogen) atoms. The van der Waals surface area contributed by atoms with Crippen molar-refractivity contribution in [2.75, 3.05) is 20.8 Å². The third kappa shape index (κ3) is 4.36. The van der Waals surface area contributed by atoms with E-state index in [1.54, 1.807) is 55.0 Å². The highest BCUT2D eigenvalue weighted by molar-refractivity contribution is 6.46. The lowest BCUT2D eigenvalue weighted by atomic mass is 9.94. The Morgan fingerprint density at radius 1 is 1.09 bits per heavy atom. The van der Waals surface area contributed by atoms with Crippen LogP contribution < -0.4 is 9.47 Å². The number of ketones is 1. The van der Waals surface area contributed by atoms with Crippen LogP contribution >= 0.6 is 11.6 Å². The fraction of sp³-hybridized carbons (Fsp3) is 0.240. The molecule has 176 valence electrons. The van der Waals surface area contributed by atoms with Gasteiger partial charge in [0.15, 0.2) is 11.5 Å². The minimum Gasteiger partial charge on any atom is -0.507 e. The molecule has 8 nitrogen and oxygen atoms in total. The molecule has 9 heteroatoms. The number of halogens is 1. The lowest BCUT2D eigenvalue weighted by Gasteiger charge is -2.27. The first-order valence-corrected chi connectivity index (χ1v) is 11.0. The predicted molar refractivity (Wildman–Crippen MR) is 127 cm³/mol. The van der Waals surface area contributed by atoms with Gasteiger partial charge in [-0.05, 0) is 36.8 Å².